The summed E-state index contributed by atoms with van der Waals surface area (Å²) in [6.07, 6.45) is 1.33. The third kappa shape index (κ3) is 1.94. The number of benzene rings is 2. The van der Waals surface area contributed by atoms with Gasteiger partial charge in [-0.05, 0) is 24.3 Å². The topological polar surface area (TPSA) is 53.4 Å². The first-order valence-electron chi connectivity index (χ1n) is 6.70. The third-order valence-electron chi connectivity index (χ3n) is 3.44. The normalized spacial score (nSPS) is 13.3. The minimum atomic E-state index is -0.176. The lowest BCUT2D eigenvalue weighted by Gasteiger charge is -2.19. The molecule has 0 fully saturated rings. The van der Waals surface area contributed by atoms with E-state index in [1.165, 1.54) is 6.20 Å². The molecule has 0 aliphatic carbocycles. The van der Waals surface area contributed by atoms with Gasteiger partial charge in [-0.25, -0.2) is 4.98 Å². The number of para-hydroxylation sites is 2. The molecule has 0 spiro atoms. The van der Waals surface area contributed by atoms with Crippen molar-refractivity contribution < 1.29 is 9.47 Å². The summed E-state index contributed by atoms with van der Waals surface area (Å²) in [6.45, 7) is 1.06. The van der Waals surface area contributed by atoms with Crippen LogP contribution in [0.25, 0.3) is 16.7 Å². The van der Waals surface area contributed by atoms with Gasteiger partial charge in [0.15, 0.2) is 11.5 Å². The average Bonchev–Trinajstić information content (AvgIpc) is 2.54. The third-order valence-corrected chi connectivity index (χ3v) is 3.44. The van der Waals surface area contributed by atoms with Gasteiger partial charge in [-0.15, -0.1) is 0 Å². The van der Waals surface area contributed by atoms with Crippen molar-refractivity contribution in [2.75, 3.05) is 13.2 Å². The maximum Gasteiger partial charge on any atom is 0.274 e. The van der Waals surface area contributed by atoms with Crippen molar-refractivity contribution in [1.82, 2.24) is 9.55 Å². The summed E-state index contributed by atoms with van der Waals surface area (Å²) in [6, 6.07) is 13.0. The SMILES string of the molecule is O=c1cnc2ccccc2n1-c1ccc2c(c1)OCCO2. The predicted molar refractivity (Wildman–Crippen MR) is 78.3 cm³/mol. The highest BCUT2D eigenvalue weighted by Crippen LogP contribution is 2.32. The average molecular weight is 280 g/mol. The summed E-state index contributed by atoms with van der Waals surface area (Å²) in [5.74, 6) is 1.36. The van der Waals surface area contributed by atoms with E-state index in [1.807, 2.05) is 42.5 Å². The maximum absolute atomic E-state index is 12.2. The van der Waals surface area contributed by atoms with Crippen molar-refractivity contribution in [2.45, 2.75) is 0 Å². The quantitative estimate of drug-likeness (QED) is 0.685. The first-order valence-corrected chi connectivity index (χ1v) is 6.70. The molecule has 0 saturated carbocycles. The van der Waals surface area contributed by atoms with Gasteiger partial charge in [0.2, 0.25) is 0 Å². The summed E-state index contributed by atoms with van der Waals surface area (Å²) in [5, 5.41) is 0. The minimum absolute atomic E-state index is 0.176. The van der Waals surface area contributed by atoms with Gasteiger partial charge in [0.05, 0.1) is 22.9 Å². The summed E-state index contributed by atoms with van der Waals surface area (Å²) in [7, 11) is 0. The molecule has 3 aromatic rings. The van der Waals surface area contributed by atoms with Crippen LogP contribution in [-0.4, -0.2) is 22.8 Å². The molecule has 0 radical (unpaired) electrons. The molecule has 0 atom stereocenters. The second-order valence-corrected chi connectivity index (χ2v) is 4.75. The Morgan fingerprint density at radius 1 is 1.00 bits per heavy atom. The van der Waals surface area contributed by atoms with Crippen molar-refractivity contribution in [2.24, 2.45) is 0 Å². The van der Waals surface area contributed by atoms with Gasteiger partial charge in [0, 0.05) is 6.07 Å². The zero-order valence-electron chi connectivity index (χ0n) is 11.2. The van der Waals surface area contributed by atoms with Gasteiger partial charge < -0.3 is 9.47 Å². The number of fused-ring (bicyclic) bond motifs is 2. The molecular weight excluding hydrogens is 268 g/mol. The van der Waals surface area contributed by atoms with Gasteiger partial charge >= 0.3 is 0 Å². The van der Waals surface area contributed by atoms with E-state index in [9.17, 15) is 4.79 Å². The Morgan fingerprint density at radius 2 is 1.81 bits per heavy atom. The maximum atomic E-state index is 12.2. The molecule has 1 aromatic heterocycles. The van der Waals surface area contributed by atoms with Gasteiger partial charge in [-0.2, -0.15) is 0 Å². The molecule has 4 rings (SSSR count). The van der Waals surface area contributed by atoms with Gasteiger partial charge in [0.1, 0.15) is 13.2 Å². The number of ether oxygens (including phenoxy) is 2. The van der Waals surface area contributed by atoms with Gasteiger partial charge in [0.25, 0.3) is 5.56 Å². The molecule has 104 valence electrons. The smallest absolute Gasteiger partial charge is 0.274 e. The van der Waals surface area contributed by atoms with Crippen LogP contribution in [0.5, 0.6) is 11.5 Å². The number of rotatable bonds is 1. The van der Waals surface area contributed by atoms with E-state index in [-0.39, 0.29) is 5.56 Å². The number of hydrogen-bond donors (Lipinski definition) is 0. The van der Waals surface area contributed by atoms with E-state index < -0.39 is 0 Å². The zero-order chi connectivity index (χ0) is 14.2. The van der Waals surface area contributed by atoms with E-state index >= 15 is 0 Å². The molecule has 0 saturated heterocycles. The Bertz CT molecular complexity index is 886. The van der Waals surface area contributed by atoms with E-state index in [0.717, 1.165) is 16.7 Å². The highest BCUT2D eigenvalue weighted by molar-refractivity contribution is 5.76. The lowest BCUT2D eigenvalue weighted by Crippen LogP contribution is -2.20. The van der Waals surface area contributed by atoms with Crippen molar-refractivity contribution in [3.8, 4) is 17.2 Å². The molecule has 1 aliphatic heterocycles. The highest BCUT2D eigenvalue weighted by Gasteiger charge is 2.14. The monoisotopic (exact) mass is 280 g/mol. The van der Waals surface area contributed by atoms with Crippen LogP contribution in [0.1, 0.15) is 0 Å². The summed E-state index contributed by atoms with van der Waals surface area (Å²) in [4.78, 5) is 16.4. The molecule has 2 aromatic carbocycles. The van der Waals surface area contributed by atoms with Crippen LogP contribution in [0, 0.1) is 0 Å². The van der Waals surface area contributed by atoms with Crippen LogP contribution in [0.4, 0.5) is 0 Å². The summed E-state index contributed by atoms with van der Waals surface area (Å²) in [5.41, 5.74) is 2.10. The lowest BCUT2D eigenvalue weighted by molar-refractivity contribution is 0.171. The van der Waals surface area contributed by atoms with E-state index in [2.05, 4.69) is 4.98 Å². The van der Waals surface area contributed by atoms with E-state index in [0.29, 0.717) is 24.7 Å². The molecule has 0 amide bonds. The first kappa shape index (κ1) is 12.0. The molecule has 5 heteroatoms. The molecule has 0 unspecified atom stereocenters. The summed E-state index contributed by atoms with van der Waals surface area (Å²) >= 11 is 0. The van der Waals surface area contributed by atoms with Crippen LogP contribution in [0.2, 0.25) is 0 Å². The van der Waals surface area contributed by atoms with Gasteiger partial charge in [-0.1, -0.05) is 12.1 Å². The second-order valence-electron chi connectivity index (χ2n) is 4.75. The van der Waals surface area contributed by atoms with Crippen LogP contribution < -0.4 is 15.0 Å². The molecule has 21 heavy (non-hydrogen) atoms. The van der Waals surface area contributed by atoms with Crippen LogP contribution >= 0.6 is 0 Å². The second kappa shape index (κ2) is 4.63. The van der Waals surface area contributed by atoms with Crippen molar-refractivity contribution in [1.29, 1.82) is 0 Å². The van der Waals surface area contributed by atoms with E-state index in [4.69, 9.17) is 9.47 Å². The molecule has 5 nitrogen and oxygen atoms in total. The summed E-state index contributed by atoms with van der Waals surface area (Å²) < 4.78 is 12.7. The molecule has 0 bridgehead atoms. The Balaban J connectivity index is 1.98. The fourth-order valence-corrected chi connectivity index (χ4v) is 2.50. The number of hydrogen-bond acceptors (Lipinski definition) is 4. The van der Waals surface area contributed by atoms with Crippen molar-refractivity contribution >= 4 is 11.0 Å². The fourth-order valence-electron chi connectivity index (χ4n) is 2.50. The minimum Gasteiger partial charge on any atom is -0.486 e. The molecular formula is C16H12N2O3. The highest BCUT2D eigenvalue weighted by atomic mass is 16.6. The lowest BCUT2D eigenvalue weighted by atomic mass is 10.2. The molecule has 1 aliphatic rings. The van der Waals surface area contributed by atoms with E-state index in [1.54, 1.807) is 4.57 Å². The van der Waals surface area contributed by atoms with Crippen molar-refractivity contribution in [3.05, 3.63) is 59.0 Å². The van der Waals surface area contributed by atoms with Crippen LogP contribution in [0.15, 0.2) is 53.5 Å². The van der Waals surface area contributed by atoms with Gasteiger partial charge in [-0.3, -0.25) is 9.36 Å². The van der Waals surface area contributed by atoms with Crippen LogP contribution in [-0.2, 0) is 0 Å². The van der Waals surface area contributed by atoms with Crippen LogP contribution in [0.3, 0.4) is 0 Å². The Hall–Kier alpha value is -2.82. The largest absolute Gasteiger partial charge is 0.486 e. The first-order chi connectivity index (χ1) is 10.3. The molecule has 2 heterocycles. The Morgan fingerprint density at radius 3 is 2.71 bits per heavy atom. The Labute approximate surface area is 120 Å². The standard InChI is InChI=1S/C16H12N2O3/c19-16-10-17-12-3-1-2-4-13(12)18(16)11-5-6-14-15(9-11)21-8-7-20-14/h1-6,9-10H,7-8H2. The molecule has 0 N–H and O–H groups in total. The Kier molecular flexibility index (Phi) is 2.64. The fraction of sp³-hybridized carbons (Fsp3) is 0.125. The zero-order valence-corrected chi connectivity index (χ0v) is 11.2. The number of aromatic nitrogens is 2. The van der Waals surface area contributed by atoms with Crippen molar-refractivity contribution in [3.63, 3.8) is 0 Å². The number of nitrogens with zero attached hydrogens (tertiary/aromatic N) is 2. The predicted octanol–water partition coefficient (Wildman–Crippen LogP) is 2.16.